The summed E-state index contributed by atoms with van der Waals surface area (Å²) in [5, 5.41) is 0. The molecule has 0 aliphatic heterocycles. The minimum atomic E-state index is -1.39. The van der Waals surface area contributed by atoms with Crippen LogP contribution >= 0.6 is 0 Å². The van der Waals surface area contributed by atoms with E-state index in [0.717, 1.165) is 0 Å². The summed E-state index contributed by atoms with van der Waals surface area (Å²) in [5.41, 5.74) is 0. The van der Waals surface area contributed by atoms with Gasteiger partial charge >= 0.3 is 102 Å². The molecule has 0 aliphatic carbocycles. The second-order valence-electron chi connectivity index (χ2n) is 2.71. The molecular weight excluding hydrogens is 319 g/mol. The Labute approximate surface area is 105 Å². The number of nitrogens with zero attached hydrogens (tertiary/aromatic N) is 2. The molecule has 0 saturated heterocycles. The molecule has 2 amide bonds. The van der Waals surface area contributed by atoms with Crippen molar-refractivity contribution >= 4 is 11.8 Å². The zero-order chi connectivity index (χ0) is 10.4. The van der Waals surface area contributed by atoms with E-state index in [1.165, 1.54) is 0 Å². The van der Waals surface area contributed by atoms with Gasteiger partial charge in [0.15, 0.2) is 0 Å². The summed E-state index contributed by atoms with van der Waals surface area (Å²) in [6.07, 6.45) is 1.05. The summed E-state index contributed by atoms with van der Waals surface area (Å²) in [6, 6.07) is 0. The first kappa shape index (κ1) is 16.6. The van der Waals surface area contributed by atoms with Crippen LogP contribution in [0, 0.1) is 37.5 Å². The summed E-state index contributed by atoms with van der Waals surface area (Å²) in [6.45, 7) is 3.67. The third-order valence-corrected chi connectivity index (χ3v) is 5.18. The molecule has 0 unspecified atom stereocenters. The largest absolute Gasteiger partial charge is 1.00 e. The van der Waals surface area contributed by atoms with Gasteiger partial charge in [0.25, 0.3) is 0 Å². The Kier molecular flexibility index (Phi) is 10.1. The Morgan fingerprint density at radius 3 is 1.50 bits per heavy atom. The van der Waals surface area contributed by atoms with Crippen molar-refractivity contribution in [1.82, 2.24) is 1.97 Å². The van der Waals surface area contributed by atoms with E-state index in [1.54, 1.807) is 16.1 Å². The second-order valence-corrected chi connectivity index (χ2v) is 7.66. The summed E-state index contributed by atoms with van der Waals surface area (Å²) in [5.74, 6) is 0.276. The van der Waals surface area contributed by atoms with Crippen molar-refractivity contribution < 1.29 is 51.8 Å². The van der Waals surface area contributed by atoms with Crippen molar-refractivity contribution in [3.8, 4) is 0 Å². The van der Waals surface area contributed by atoms with E-state index in [0.29, 0.717) is 12.8 Å². The van der Waals surface area contributed by atoms with Gasteiger partial charge in [-0.3, -0.25) is 0 Å². The fourth-order valence-corrected chi connectivity index (χ4v) is 3.98. The van der Waals surface area contributed by atoms with Gasteiger partial charge < -0.3 is 4.70 Å². The molecule has 0 aliphatic rings. The molecule has 6 heteroatoms. The Bertz CT molecular complexity index is 182. The quantitative estimate of drug-likeness (QED) is 0.577. The van der Waals surface area contributed by atoms with E-state index in [1.807, 2.05) is 13.8 Å². The smallest absolute Gasteiger partial charge is 1.00 e. The fourth-order valence-electron chi connectivity index (χ4n) is 0.811. The number of rotatable bonds is 4. The normalized spacial score (nSPS) is 8.29. The maximum absolute atomic E-state index is 11.2. The van der Waals surface area contributed by atoms with Crippen LogP contribution in [0.3, 0.4) is 0 Å². The van der Waals surface area contributed by atoms with Crippen molar-refractivity contribution in [3.63, 3.8) is 0 Å². The average Bonchev–Trinajstić information content (AvgIpc) is 2.14. The van der Waals surface area contributed by atoms with Crippen LogP contribution in [0.2, 0.25) is 0 Å². The molecule has 14 heavy (non-hydrogen) atoms. The van der Waals surface area contributed by atoms with Crippen LogP contribution in [0.25, 0.3) is 0 Å². The maximum atomic E-state index is 11.2. The van der Waals surface area contributed by atoms with Gasteiger partial charge in [-0.25, -0.2) is 0 Å². The third-order valence-electron chi connectivity index (χ3n) is 1.65. The number of hydrogen-bond acceptors (Lipinski definition) is 2. The molecule has 4 nitrogen and oxygen atoms in total. The van der Waals surface area contributed by atoms with Crippen molar-refractivity contribution in [2.75, 3.05) is 14.1 Å². The Balaban J connectivity index is 0. The second kappa shape index (κ2) is 8.52. The number of amides is 2. The van der Waals surface area contributed by atoms with Crippen LogP contribution in [-0.4, -0.2) is 27.9 Å². The number of halogens is 1. The van der Waals surface area contributed by atoms with Crippen LogP contribution in [0.1, 0.15) is 26.7 Å². The fraction of sp³-hybridized carbons (Fsp3) is 0.750. The number of carbonyl (C=O) groups excluding carboxylic acids is 2. The molecule has 0 atom stereocenters. The van der Waals surface area contributed by atoms with Crippen LogP contribution < -0.4 is 4.70 Å². The molecule has 0 aromatic rings. The molecule has 0 spiro atoms. The van der Waals surface area contributed by atoms with E-state index in [4.69, 9.17) is 0 Å². The first-order valence-electron chi connectivity index (χ1n) is 4.32. The van der Waals surface area contributed by atoms with Gasteiger partial charge in [0.05, 0.1) is 0 Å². The van der Waals surface area contributed by atoms with Gasteiger partial charge in [0, 0.05) is 0 Å². The molecule has 0 radical (unpaired) electrons. The van der Waals surface area contributed by atoms with Gasteiger partial charge in [-0.1, -0.05) is 0 Å². The zero-order valence-corrected chi connectivity index (χ0v) is 12.2. The minimum absolute atomic E-state index is 0. The van der Waals surface area contributed by atoms with Crippen LogP contribution in [0.15, 0.2) is 0 Å². The molecule has 0 N–H and O–H groups in total. The van der Waals surface area contributed by atoms with Gasteiger partial charge in [0.2, 0.25) is 0 Å². The number of carbonyl (C=O) groups is 2. The van der Waals surface area contributed by atoms with Gasteiger partial charge in [-0.15, -0.1) is 0 Å². The maximum Gasteiger partial charge on any atom is -1.00 e. The van der Waals surface area contributed by atoms with E-state index in [2.05, 4.69) is 0 Å². The van der Waals surface area contributed by atoms with Crippen LogP contribution in [-0.2, 0) is 9.59 Å². The summed E-state index contributed by atoms with van der Waals surface area (Å²) < 4.78 is 3.49. The molecule has 0 aromatic heterocycles. The topological polar surface area (TPSA) is 40.6 Å². The molecule has 0 rings (SSSR count). The average molecular weight is 335 g/mol. The molecule has 0 fully saturated rings. The summed E-state index contributed by atoms with van der Waals surface area (Å²) in [7, 11) is 3.57. The summed E-state index contributed by atoms with van der Waals surface area (Å²) in [4.78, 5) is 22.4. The standard InChI is InChI=1S/2C4H9NO.FH.Nd/c2*1-3-4(6)5-2;;/h2*3H2,1-2H3,(H,5,6);1H;/q;;;+3/p-3. The molecular formula is C8H16FN2NdO2. The van der Waals surface area contributed by atoms with Crippen molar-refractivity contribution in [1.29, 1.82) is 0 Å². The van der Waals surface area contributed by atoms with E-state index < -0.39 is 37.5 Å². The molecule has 0 aromatic carbocycles. The van der Waals surface area contributed by atoms with Gasteiger partial charge in [-0.2, -0.15) is 0 Å². The predicted octanol–water partition coefficient (Wildman–Crippen LogP) is -2.36. The minimum Gasteiger partial charge on any atom is -1.00 e. The third kappa shape index (κ3) is 5.85. The Morgan fingerprint density at radius 1 is 1.00 bits per heavy atom. The Hall–Kier alpha value is 0.221. The molecule has 0 heterocycles. The first-order valence-corrected chi connectivity index (χ1v) is 7.19. The van der Waals surface area contributed by atoms with Gasteiger partial charge in [0.1, 0.15) is 0 Å². The van der Waals surface area contributed by atoms with Crippen LogP contribution in [0.4, 0.5) is 0 Å². The van der Waals surface area contributed by atoms with Crippen molar-refractivity contribution in [3.05, 3.63) is 0 Å². The molecule has 0 saturated carbocycles. The van der Waals surface area contributed by atoms with Gasteiger partial charge in [-0.05, 0) is 0 Å². The van der Waals surface area contributed by atoms with Crippen molar-refractivity contribution in [2.24, 2.45) is 0 Å². The van der Waals surface area contributed by atoms with E-state index in [-0.39, 0.29) is 16.5 Å². The van der Waals surface area contributed by atoms with Crippen molar-refractivity contribution in [2.45, 2.75) is 26.7 Å². The zero-order valence-electron chi connectivity index (χ0n) is 9.00. The predicted molar refractivity (Wildman–Crippen MR) is 46.1 cm³/mol. The Morgan fingerprint density at radius 2 is 1.29 bits per heavy atom. The number of hydrogen-bond donors (Lipinski definition) is 0. The first-order chi connectivity index (χ1) is 6.02. The van der Waals surface area contributed by atoms with Crippen LogP contribution in [0.5, 0.6) is 0 Å². The monoisotopic (exact) mass is 333 g/mol. The summed E-state index contributed by atoms with van der Waals surface area (Å²) >= 11 is -1.39. The molecule has 81 valence electrons. The SMILES string of the molecule is CCC(=O)[N](C)[Nd+][N](C)C(=O)CC.[F-]. The van der Waals surface area contributed by atoms with E-state index >= 15 is 0 Å². The molecule has 0 bridgehead atoms. The van der Waals surface area contributed by atoms with E-state index in [9.17, 15) is 9.59 Å².